The van der Waals surface area contributed by atoms with Gasteiger partial charge >= 0.3 is 0 Å². The Morgan fingerprint density at radius 1 is 0.564 bits per heavy atom. The van der Waals surface area contributed by atoms with Crippen LogP contribution in [0.1, 0.15) is 133 Å². The van der Waals surface area contributed by atoms with E-state index in [1.165, 1.54) is 24.2 Å². The second-order valence-corrected chi connectivity index (χ2v) is 11.2. The first kappa shape index (κ1) is 41.8. The zero-order valence-corrected chi connectivity index (χ0v) is 28.2. The number of hydrogen-bond acceptors (Lipinski definition) is 2. The highest BCUT2D eigenvalue weighted by Gasteiger charge is 2.25. The molecule has 0 bridgehead atoms. The summed E-state index contributed by atoms with van der Waals surface area (Å²) in [6, 6.07) is 17.8. The van der Waals surface area contributed by atoms with Crippen LogP contribution in [0.15, 0.2) is 48.5 Å². The minimum absolute atomic E-state index is 0. The van der Waals surface area contributed by atoms with Crippen LogP contribution in [-0.4, -0.2) is 37.0 Å². The molecule has 0 spiro atoms. The highest BCUT2D eigenvalue weighted by atomic mass is 15.1. The number of nitrogens with zero attached hydrogens (tertiary/aromatic N) is 2. The van der Waals surface area contributed by atoms with Crippen LogP contribution >= 0.6 is 0 Å². The molecule has 2 heterocycles. The van der Waals surface area contributed by atoms with E-state index in [4.69, 9.17) is 0 Å². The van der Waals surface area contributed by atoms with E-state index in [0.29, 0.717) is 11.8 Å². The Morgan fingerprint density at radius 2 is 0.821 bits per heavy atom. The van der Waals surface area contributed by atoms with Crippen molar-refractivity contribution in [3.63, 3.8) is 0 Å². The van der Waals surface area contributed by atoms with Gasteiger partial charge in [-0.15, -0.1) is 0 Å². The highest BCUT2D eigenvalue weighted by molar-refractivity contribution is 5.34. The zero-order valence-electron chi connectivity index (χ0n) is 28.2. The van der Waals surface area contributed by atoms with E-state index in [1.54, 1.807) is 11.1 Å². The lowest BCUT2D eigenvalue weighted by atomic mass is 9.83. The third-order valence-corrected chi connectivity index (χ3v) is 6.42. The maximum absolute atomic E-state index is 2.42. The van der Waals surface area contributed by atoms with Gasteiger partial charge in [0.15, 0.2) is 0 Å². The lowest BCUT2D eigenvalue weighted by molar-refractivity contribution is 0.253. The number of hydrogen-bond donors (Lipinski definition) is 0. The fourth-order valence-corrected chi connectivity index (χ4v) is 4.80. The predicted molar refractivity (Wildman–Crippen MR) is 184 cm³/mol. The Morgan fingerprint density at radius 3 is 1.08 bits per heavy atom. The minimum Gasteiger partial charge on any atom is -0.301 e. The average molecular weight is 546 g/mol. The molecule has 2 nitrogen and oxygen atoms in total. The maximum atomic E-state index is 2.42. The summed E-state index contributed by atoms with van der Waals surface area (Å²) in [4.78, 5) is 4.85. The summed E-state index contributed by atoms with van der Waals surface area (Å²) in [7, 11) is 4.43. The normalized spacial score (nSPS) is 17.5. The highest BCUT2D eigenvalue weighted by Crippen LogP contribution is 2.33. The topological polar surface area (TPSA) is 6.48 Å². The molecule has 2 aromatic rings. The van der Waals surface area contributed by atoms with Gasteiger partial charge in [0.1, 0.15) is 0 Å². The summed E-state index contributed by atoms with van der Waals surface area (Å²) < 4.78 is 0. The molecule has 230 valence electrons. The van der Waals surface area contributed by atoms with E-state index in [2.05, 4.69) is 121 Å². The van der Waals surface area contributed by atoms with Crippen molar-refractivity contribution in [3.05, 3.63) is 70.8 Å². The van der Waals surface area contributed by atoms with Gasteiger partial charge in [-0.25, -0.2) is 0 Å². The molecule has 2 unspecified atom stereocenters. The molecule has 0 fully saturated rings. The molecule has 0 aromatic heterocycles. The minimum atomic E-state index is 0. The molecule has 2 aromatic carbocycles. The Balaban J connectivity index is -0.000000237. The van der Waals surface area contributed by atoms with Gasteiger partial charge in [-0.05, 0) is 65.9 Å². The van der Waals surface area contributed by atoms with Crippen molar-refractivity contribution >= 4 is 0 Å². The molecule has 0 saturated carbocycles. The van der Waals surface area contributed by atoms with Crippen LogP contribution < -0.4 is 0 Å². The maximum Gasteiger partial charge on any atom is 0.0233 e. The molecule has 2 aliphatic rings. The Bertz CT molecular complexity index is 747. The van der Waals surface area contributed by atoms with Gasteiger partial charge in [0.25, 0.3) is 0 Å². The van der Waals surface area contributed by atoms with Crippen molar-refractivity contribution in [3.8, 4) is 0 Å². The van der Waals surface area contributed by atoms with Crippen LogP contribution in [-0.2, 0) is 13.1 Å². The molecule has 39 heavy (non-hydrogen) atoms. The summed E-state index contributed by atoms with van der Waals surface area (Å²) >= 11 is 0. The summed E-state index contributed by atoms with van der Waals surface area (Å²) in [5, 5.41) is 0. The first-order valence-corrected chi connectivity index (χ1v) is 15.6. The quantitative estimate of drug-likeness (QED) is 0.370. The lowest BCUT2D eigenvalue weighted by Gasteiger charge is -2.34. The van der Waals surface area contributed by atoms with Gasteiger partial charge < -0.3 is 9.80 Å². The number of benzene rings is 2. The van der Waals surface area contributed by atoms with E-state index < -0.39 is 0 Å². The number of rotatable bonds is 2. The van der Waals surface area contributed by atoms with Gasteiger partial charge in [-0.2, -0.15) is 0 Å². The van der Waals surface area contributed by atoms with Crippen molar-refractivity contribution < 1.29 is 1.43 Å². The molecule has 2 aliphatic heterocycles. The van der Waals surface area contributed by atoms with E-state index in [9.17, 15) is 0 Å². The smallest absolute Gasteiger partial charge is 0.0233 e. The van der Waals surface area contributed by atoms with Crippen LogP contribution in [0.25, 0.3) is 0 Å². The average Bonchev–Trinajstić information content (AvgIpc) is 2.91. The van der Waals surface area contributed by atoms with E-state index in [1.807, 2.05) is 41.5 Å². The monoisotopic (exact) mass is 546 g/mol. The number of fused-ring (bicyclic) bond motifs is 2. The van der Waals surface area contributed by atoms with Gasteiger partial charge in [0, 0.05) is 27.6 Å². The third-order valence-electron chi connectivity index (χ3n) is 6.42. The summed E-state index contributed by atoms with van der Waals surface area (Å²) in [5.41, 5.74) is 6.17. The van der Waals surface area contributed by atoms with Crippen molar-refractivity contribution in [2.75, 3.05) is 27.2 Å². The Kier molecular flexibility index (Phi) is 25.9. The molecule has 0 radical (unpaired) electrons. The summed E-state index contributed by atoms with van der Waals surface area (Å²) in [6.45, 7) is 32.4. The zero-order chi connectivity index (χ0) is 29.8. The Hall–Kier alpha value is -1.64. The predicted octanol–water partition coefficient (Wildman–Crippen LogP) is 11.4. The van der Waals surface area contributed by atoms with E-state index in [-0.39, 0.29) is 8.85 Å². The first-order chi connectivity index (χ1) is 18.1. The van der Waals surface area contributed by atoms with Crippen molar-refractivity contribution in [2.45, 2.75) is 122 Å². The van der Waals surface area contributed by atoms with Crippen molar-refractivity contribution in [1.29, 1.82) is 0 Å². The molecule has 0 amide bonds. The molecule has 4 rings (SSSR count). The first-order valence-electron chi connectivity index (χ1n) is 15.6. The molecule has 2 heteroatoms. The molecule has 0 aliphatic carbocycles. The lowest BCUT2D eigenvalue weighted by Crippen LogP contribution is -2.32. The molecule has 0 N–H and O–H groups in total. The van der Waals surface area contributed by atoms with Crippen LogP contribution in [0.4, 0.5) is 0 Å². The molecular weight excluding hydrogens is 472 g/mol. The van der Waals surface area contributed by atoms with Gasteiger partial charge in [-0.1, -0.05) is 146 Å². The summed E-state index contributed by atoms with van der Waals surface area (Å²) in [6.07, 6.45) is 0. The van der Waals surface area contributed by atoms with Gasteiger partial charge in [0.2, 0.25) is 0 Å². The fourth-order valence-electron chi connectivity index (χ4n) is 4.80. The summed E-state index contributed by atoms with van der Waals surface area (Å²) in [5.74, 6) is 3.73. The second-order valence-electron chi connectivity index (χ2n) is 11.2. The largest absolute Gasteiger partial charge is 0.301 e. The fraction of sp³-hybridized carbons (Fsp3) is 0.676. The molecule has 2 atom stereocenters. The van der Waals surface area contributed by atoms with Gasteiger partial charge in [-0.3, -0.25) is 0 Å². The molecule has 0 saturated heterocycles. The SMILES string of the molecule is C.CC.CC.CC.CC(C)C.CC(C)C1CN(C)Cc2ccccc21.CC(C)C1CN(C)Cc2ccccc21.[2HH]. The second kappa shape index (κ2) is 24.2. The van der Waals surface area contributed by atoms with E-state index >= 15 is 0 Å². The molecular formula is C37H72N2. The van der Waals surface area contributed by atoms with Crippen LogP contribution in [0, 0.1) is 17.8 Å². The van der Waals surface area contributed by atoms with Crippen LogP contribution in [0.3, 0.4) is 0 Å². The van der Waals surface area contributed by atoms with Crippen molar-refractivity contribution in [1.82, 2.24) is 9.80 Å². The standard InChI is InChI=1S/2C13H19N.C4H10.3C2H6.CH4.H2/c2*1-10(2)13-9-14(3)8-11-6-4-5-7-12(11)13;1-4(2)3;3*1-2;;/h2*4-7,10,13H,8-9H2,1-3H3;4H,1-3H3;3*1-2H3;1H4;1H/i;;;;;;;1+1. The Labute approximate surface area is 249 Å². The van der Waals surface area contributed by atoms with Gasteiger partial charge in [0.05, 0.1) is 0 Å². The van der Waals surface area contributed by atoms with E-state index in [0.717, 1.165) is 30.8 Å². The van der Waals surface area contributed by atoms with Crippen LogP contribution in [0.2, 0.25) is 0 Å². The third kappa shape index (κ3) is 15.7. The number of likely N-dealkylation sites (N-methyl/N-ethyl adjacent to an activating group) is 2. The van der Waals surface area contributed by atoms with Crippen LogP contribution in [0.5, 0.6) is 0 Å². The van der Waals surface area contributed by atoms with Crippen molar-refractivity contribution in [2.24, 2.45) is 17.8 Å².